The number of benzene rings is 1. The summed E-state index contributed by atoms with van der Waals surface area (Å²) in [7, 11) is 0. The normalized spacial score (nSPS) is 14.6. The second-order valence-electron chi connectivity index (χ2n) is 3.72. The van der Waals surface area contributed by atoms with Gasteiger partial charge in [-0.15, -0.1) is 11.6 Å². The molecular weight excluding hydrogens is 261 g/mol. The zero-order valence-corrected chi connectivity index (χ0v) is 10.6. The van der Waals surface area contributed by atoms with Crippen LogP contribution in [0.25, 0.3) is 0 Å². The van der Waals surface area contributed by atoms with E-state index in [2.05, 4.69) is 5.16 Å². The van der Waals surface area contributed by atoms with Crippen LogP contribution in [-0.2, 0) is 0 Å². The van der Waals surface area contributed by atoms with Crippen molar-refractivity contribution in [2.45, 2.75) is 18.4 Å². The summed E-state index contributed by atoms with van der Waals surface area (Å²) in [5.41, 5.74) is 1.81. The van der Waals surface area contributed by atoms with E-state index in [-0.39, 0.29) is 0 Å². The third-order valence-electron chi connectivity index (χ3n) is 2.49. The first kappa shape index (κ1) is 12.4. The van der Waals surface area contributed by atoms with Crippen LogP contribution in [0.1, 0.15) is 35.2 Å². The van der Waals surface area contributed by atoms with Gasteiger partial charge >= 0.3 is 0 Å². The first-order valence-corrected chi connectivity index (χ1v) is 5.93. The molecule has 0 amide bonds. The van der Waals surface area contributed by atoms with E-state index < -0.39 is 11.5 Å². The van der Waals surface area contributed by atoms with Gasteiger partial charge in [-0.2, -0.15) is 0 Å². The Kier molecular flexibility index (Phi) is 3.72. The van der Waals surface area contributed by atoms with Crippen LogP contribution in [0.3, 0.4) is 0 Å². The van der Waals surface area contributed by atoms with Gasteiger partial charge in [-0.1, -0.05) is 35.0 Å². The van der Waals surface area contributed by atoms with Crippen molar-refractivity contribution in [1.29, 1.82) is 0 Å². The summed E-state index contributed by atoms with van der Waals surface area (Å²) in [5, 5.41) is 13.4. The van der Waals surface area contributed by atoms with Crippen LogP contribution >= 0.6 is 23.2 Å². The summed E-state index contributed by atoms with van der Waals surface area (Å²) >= 11 is 12.4. The molecule has 1 heterocycles. The molecule has 0 saturated carbocycles. The lowest BCUT2D eigenvalue weighted by Gasteiger charge is -2.11. The fourth-order valence-electron chi connectivity index (χ4n) is 1.59. The summed E-state index contributed by atoms with van der Waals surface area (Å²) in [6.45, 7) is 1.63. The Morgan fingerprint density at radius 2 is 2.00 bits per heavy atom. The number of hydrogen-bond acceptors (Lipinski definition) is 3. The molecular formula is C12H11Cl2NO2. The van der Waals surface area contributed by atoms with Crippen LogP contribution < -0.4 is 0 Å². The van der Waals surface area contributed by atoms with E-state index in [0.29, 0.717) is 16.3 Å². The van der Waals surface area contributed by atoms with E-state index in [4.69, 9.17) is 27.7 Å². The van der Waals surface area contributed by atoms with E-state index >= 15 is 0 Å². The van der Waals surface area contributed by atoms with Gasteiger partial charge in [0.1, 0.15) is 17.3 Å². The predicted molar refractivity (Wildman–Crippen MR) is 66.3 cm³/mol. The molecule has 0 aliphatic carbocycles. The second kappa shape index (κ2) is 5.08. The van der Waals surface area contributed by atoms with Crippen molar-refractivity contribution in [2.75, 3.05) is 0 Å². The number of aliphatic hydroxyl groups excluding tert-OH is 1. The molecule has 2 atom stereocenters. The van der Waals surface area contributed by atoms with Crippen molar-refractivity contribution in [3.63, 3.8) is 0 Å². The van der Waals surface area contributed by atoms with Crippen LogP contribution in [0.2, 0.25) is 5.02 Å². The summed E-state index contributed by atoms with van der Waals surface area (Å²) in [6.07, 6.45) is 0.714. The lowest BCUT2D eigenvalue weighted by atomic mass is 10.0. The van der Waals surface area contributed by atoms with Crippen molar-refractivity contribution in [3.05, 3.63) is 52.4 Å². The maximum Gasteiger partial charge on any atom is 0.129 e. The van der Waals surface area contributed by atoms with Gasteiger partial charge in [-0.3, -0.25) is 0 Å². The molecule has 1 N–H and O–H groups in total. The Hall–Kier alpha value is -1.03. The Morgan fingerprint density at radius 1 is 1.29 bits per heavy atom. The second-order valence-corrected chi connectivity index (χ2v) is 4.56. The summed E-state index contributed by atoms with van der Waals surface area (Å²) in [6, 6.07) is 7.25. The summed E-state index contributed by atoms with van der Waals surface area (Å²) in [5.74, 6) is 0. The average Bonchev–Trinajstić information content (AvgIpc) is 2.77. The molecule has 5 heteroatoms. The fraction of sp³-hybridized carbons (Fsp3) is 0.250. The monoisotopic (exact) mass is 271 g/mol. The highest BCUT2D eigenvalue weighted by molar-refractivity contribution is 6.33. The number of rotatable bonds is 3. The van der Waals surface area contributed by atoms with Crippen molar-refractivity contribution in [2.24, 2.45) is 0 Å². The topological polar surface area (TPSA) is 46.3 Å². The molecule has 90 valence electrons. The zero-order valence-electron chi connectivity index (χ0n) is 9.10. The minimum absolute atomic E-state index is 0.495. The Balaban J connectivity index is 2.41. The number of aromatic nitrogens is 1. The lowest BCUT2D eigenvalue weighted by molar-refractivity contribution is 0.197. The van der Waals surface area contributed by atoms with Gasteiger partial charge in [-0.05, 0) is 18.6 Å². The van der Waals surface area contributed by atoms with Gasteiger partial charge in [0.05, 0.1) is 6.10 Å². The molecule has 0 saturated heterocycles. The molecule has 17 heavy (non-hydrogen) atoms. The molecule has 0 bridgehead atoms. The van der Waals surface area contributed by atoms with E-state index in [0.717, 1.165) is 5.56 Å². The van der Waals surface area contributed by atoms with Crippen molar-refractivity contribution in [1.82, 2.24) is 5.16 Å². The van der Waals surface area contributed by atoms with E-state index in [1.165, 1.54) is 6.26 Å². The molecule has 2 unspecified atom stereocenters. The number of alkyl halides is 1. The molecule has 0 radical (unpaired) electrons. The van der Waals surface area contributed by atoms with Crippen LogP contribution in [0.15, 0.2) is 35.1 Å². The van der Waals surface area contributed by atoms with E-state index in [9.17, 15) is 5.11 Å². The third kappa shape index (κ3) is 2.46. The molecule has 2 rings (SSSR count). The van der Waals surface area contributed by atoms with Crippen molar-refractivity contribution in [3.8, 4) is 0 Å². The highest BCUT2D eigenvalue weighted by Crippen LogP contribution is 2.35. The van der Waals surface area contributed by atoms with Crippen molar-refractivity contribution >= 4 is 23.2 Å². The maximum atomic E-state index is 9.57. The highest BCUT2D eigenvalue weighted by Gasteiger charge is 2.23. The largest absolute Gasteiger partial charge is 0.389 e. The van der Waals surface area contributed by atoms with Gasteiger partial charge in [0.15, 0.2) is 0 Å². The molecule has 0 aliphatic rings. The lowest BCUT2D eigenvalue weighted by Crippen LogP contribution is -2.01. The predicted octanol–water partition coefficient (Wildman–Crippen LogP) is 3.71. The summed E-state index contributed by atoms with van der Waals surface area (Å²) in [4.78, 5) is 0. The van der Waals surface area contributed by atoms with Crippen molar-refractivity contribution < 1.29 is 9.63 Å². The van der Waals surface area contributed by atoms with E-state index in [1.807, 2.05) is 18.2 Å². The Labute approximate surface area is 109 Å². The van der Waals surface area contributed by atoms with Gasteiger partial charge in [0.25, 0.3) is 0 Å². The van der Waals surface area contributed by atoms with Gasteiger partial charge in [0, 0.05) is 10.6 Å². The minimum atomic E-state index is -0.681. The SMILES string of the molecule is CC(O)c1conc1C(Cl)c1ccccc1Cl. The molecule has 0 fully saturated rings. The Bertz CT molecular complexity index is 511. The maximum absolute atomic E-state index is 9.57. The fourth-order valence-corrected chi connectivity index (χ4v) is 2.24. The van der Waals surface area contributed by atoms with Gasteiger partial charge < -0.3 is 9.63 Å². The summed E-state index contributed by atoms with van der Waals surface area (Å²) < 4.78 is 4.85. The smallest absolute Gasteiger partial charge is 0.129 e. The molecule has 1 aromatic carbocycles. The molecule has 2 aromatic rings. The highest BCUT2D eigenvalue weighted by atomic mass is 35.5. The number of aliphatic hydroxyl groups is 1. The average molecular weight is 272 g/mol. The first-order valence-electron chi connectivity index (χ1n) is 5.12. The third-order valence-corrected chi connectivity index (χ3v) is 3.28. The minimum Gasteiger partial charge on any atom is -0.389 e. The van der Waals surface area contributed by atoms with Crippen LogP contribution in [0, 0.1) is 0 Å². The molecule has 3 nitrogen and oxygen atoms in total. The molecule has 0 aliphatic heterocycles. The Morgan fingerprint density at radius 3 is 2.65 bits per heavy atom. The quantitative estimate of drug-likeness (QED) is 0.866. The first-order chi connectivity index (χ1) is 8.11. The van der Waals surface area contributed by atoms with Gasteiger partial charge in [0.2, 0.25) is 0 Å². The van der Waals surface area contributed by atoms with E-state index in [1.54, 1.807) is 13.0 Å². The molecule has 1 aromatic heterocycles. The van der Waals surface area contributed by atoms with Crippen LogP contribution in [0.5, 0.6) is 0 Å². The van der Waals surface area contributed by atoms with Gasteiger partial charge in [-0.25, -0.2) is 0 Å². The van der Waals surface area contributed by atoms with Crippen LogP contribution in [0.4, 0.5) is 0 Å². The van der Waals surface area contributed by atoms with Crippen LogP contribution in [-0.4, -0.2) is 10.3 Å². The standard InChI is InChI=1S/C12H11Cl2NO2/c1-7(16)9-6-17-15-12(9)11(14)8-4-2-3-5-10(8)13/h2-7,11,16H,1H3. The number of halogens is 2. The number of nitrogens with zero attached hydrogens (tertiary/aromatic N) is 1. The number of hydrogen-bond donors (Lipinski definition) is 1. The zero-order chi connectivity index (χ0) is 12.4. The molecule has 0 spiro atoms.